The van der Waals surface area contributed by atoms with Crippen LogP contribution in [0.15, 0.2) is 84.2 Å². The number of para-hydroxylation sites is 3. The summed E-state index contributed by atoms with van der Waals surface area (Å²) < 4.78 is 12.6. The number of nitrogens with zero attached hydrogens (tertiary/aromatic N) is 4. The zero-order valence-electron chi connectivity index (χ0n) is 19.5. The molecule has 5 rings (SSSR count). The van der Waals surface area contributed by atoms with Crippen LogP contribution in [0.2, 0.25) is 0 Å². The average Bonchev–Trinajstić information content (AvgIpc) is 3.32. The Balaban J connectivity index is 1.60. The molecular weight excluding hydrogens is 444 g/mol. The van der Waals surface area contributed by atoms with E-state index in [2.05, 4.69) is 15.6 Å². The predicted octanol–water partition coefficient (Wildman–Crippen LogP) is 4.28. The maximum Gasteiger partial charge on any atom is 0.256 e. The Bertz CT molecular complexity index is 1410. The van der Waals surface area contributed by atoms with Gasteiger partial charge in [0.1, 0.15) is 17.5 Å². The molecule has 35 heavy (non-hydrogen) atoms. The lowest BCUT2D eigenvalue weighted by molar-refractivity contribution is -0.113. The van der Waals surface area contributed by atoms with Crippen molar-refractivity contribution in [1.29, 1.82) is 0 Å². The summed E-state index contributed by atoms with van der Waals surface area (Å²) in [7, 11) is 3.17. The Hall–Kier alpha value is -4.66. The van der Waals surface area contributed by atoms with Gasteiger partial charge in [-0.2, -0.15) is 4.98 Å². The summed E-state index contributed by atoms with van der Waals surface area (Å²) in [5.74, 6) is 1.91. The zero-order valence-corrected chi connectivity index (χ0v) is 19.5. The first-order chi connectivity index (χ1) is 17.1. The van der Waals surface area contributed by atoms with E-state index in [1.54, 1.807) is 37.2 Å². The summed E-state index contributed by atoms with van der Waals surface area (Å²) >= 11 is 0. The van der Waals surface area contributed by atoms with Crippen LogP contribution in [0.1, 0.15) is 18.7 Å². The molecule has 0 fully saturated rings. The Morgan fingerprint density at radius 1 is 0.971 bits per heavy atom. The summed E-state index contributed by atoms with van der Waals surface area (Å²) in [6, 6.07) is 19.8. The molecule has 0 spiro atoms. The van der Waals surface area contributed by atoms with Crippen molar-refractivity contribution < 1.29 is 14.3 Å². The van der Waals surface area contributed by atoms with Crippen LogP contribution in [0.4, 0.5) is 11.6 Å². The number of hydrogen-bond acceptors (Lipinski definition) is 7. The van der Waals surface area contributed by atoms with Crippen molar-refractivity contribution in [3.63, 3.8) is 0 Å². The SMILES string of the molecule is COc1ccccc1NC(=O)C1=C(C)Nc2nc(-c3ccccc3OC)nn2C1c1ccccn1. The topological polar surface area (TPSA) is 103 Å². The quantitative estimate of drug-likeness (QED) is 0.435. The smallest absolute Gasteiger partial charge is 0.256 e. The van der Waals surface area contributed by atoms with E-state index in [1.165, 1.54) is 0 Å². The van der Waals surface area contributed by atoms with Gasteiger partial charge in [-0.25, -0.2) is 4.68 Å². The van der Waals surface area contributed by atoms with Crippen LogP contribution in [-0.2, 0) is 4.79 Å². The second-order valence-corrected chi connectivity index (χ2v) is 7.88. The molecule has 2 aromatic heterocycles. The third-order valence-electron chi connectivity index (χ3n) is 5.77. The van der Waals surface area contributed by atoms with Gasteiger partial charge in [0.25, 0.3) is 5.91 Å². The van der Waals surface area contributed by atoms with Crippen molar-refractivity contribution in [2.45, 2.75) is 13.0 Å². The van der Waals surface area contributed by atoms with Crippen molar-refractivity contribution >= 4 is 17.5 Å². The number of allylic oxidation sites excluding steroid dienone is 1. The number of nitrogens with one attached hydrogen (secondary N) is 2. The minimum absolute atomic E-state index is 0.296. The highest BCUT2D eigenvalue weighted by Crippen LogP contribution is 2.37. The molecule has 1 aliphatic heterocycles. The molecule has 4 aromatic rings. The van der Waals surface area contributed by atoms with E-state index in [-0.39, 0.29) is 5.91 Å². The van der Waals surface area contributed by atoms with E-state index in [9.17, 15) is 4.79 Å². The van der Waals surface area contributed by atoms with Crippen LogP contribution in [0.3, 0.4) is 0 Å². The molecule has 0 bridgehead atoms. The Labute approximate surface area is 202 Å². The third-order valence-corrected chi connectivity index (χ3v) is 5.77. The molecule has 2 N–H and O–H groups in total. The highest BCUT2D eigenvalue weighted by atomic mass is 16.5. The first kappa shape index (κ1) is 22.1. The molecule has 2 aromatic carbocycles. The molecule has 176 valence electrons. The highest BCUT2D eigenvalue weighted by molar-refractivity contribution is 6.06. The molecule has 1 atom stereocenters. The lowest BCUT2D eigenvalue weighted by Crippen LogP contribution is -2.32. The van der Waals surface area contributed by atoms with Crippen molar-refractivity contribution in [2.75, 3.05) is 24.9 Å². The van der Waals surface area contributed by atoms with Crippen molar-refractivity contribution in [3.05, 3.63) is 89.9 Å². The number of methoxy groups -OCH3 is 2. The van der Waals surface area contributed by atoms with Gasteiger partial charge < -0.3 is 20.1 Å². The summed E-state index contributed by atoms with van der Waals surface area (Å²) in [6.07, 6.45) is 1.69. The molecule has 1 unspecified atom stereocenters. The second kappa shape index (κ2) is 9.30. The van der Waals surface area contributed by atoms with E-state index in [0.29, 0.717) is 45.9 Å². The van der Waals surface area contributed by atoms with E-state index < -0.39 is 6.04 Å². The molecule has 0 saturated heterocycles. The van der Waals surface area contributed by atoms with Crippen molar-refractivity contribution in [3.8, 4) is 22.9 Å². The number of amides is 1. The third kappa shape index (κ3) is 4.08. The molecule has 0 aliphatic carbocycles. The average molecular weight is 469 g/mol. The number of hydrogen-bond donors (Lipinski definition) is 2. The summed E-state index contributed by atoms with van der Waals surface area (Å²) in [4.78, 5) is 22.9. The fourth-order valence-corrected chi connectivity index (χ4v) is 4.14. The molecule has 9 heteroatoms. The van der Waals surface area contributed by atoms with Gasteiger partial charge in [0.2, 0.25) is 5.95 Å². The monoisotopic (exact) mass is 468 g/mol. The largest absolute Gasteiger partial charge is 0.496 e. The van der Waals surface area contributed by atoms with Gasteiger partial charge in [0.05, 0.1) is 36.7 Å². The van der Waals surface area contributed by atoms with Crippen LogP contribution < -0.4 is 20.1 Å². The molecular formula is C26H24N6O3. The first-order valence-electron chi connectivity index (χ1n) is 11.0. The Kier molecular flexibility index (Phi) is 5.88. The van der Waals surface area contributed by atoms with Crippen LogP contribution >= 0.6 is 0 Å². The zero-order chi connectivity index (χ0) is 24.4. The lowest BCUT2D eigenvalue weighted by Gasteiger charge is -2.28. The molecule has 3 heterocycles. The number of rotatable bonds is 6. The summed E-state index contributed by atoms with van der Waals surface area (Å²) in [5.41, 5.74) is 3.10. The molecule has 0 saturated carbocycles. The number of pyridine rings is 1. The predicted molar refractivity (Wildman–Crippen MR) is 132 cm³/mol. The number of aromatic nitrogens is 4. The molecule has 9 nitrogen and oxygen atoms in total. The first-order valence-corrected chi connectivity index (χ1v) is 11.0. The normalized spacial score (nSPS) is 14.7. The van der Waals surface area contributed by atoms with Crippen molar-refractivity contribution in [2.24, 2.45) is 0 Å². The van der Waals surface area contributed by atoms with E-state index in [0.717, 1.165) is 5.56 Å². The van der Waals surface area contributed by atoms with E-state index in [1.807, 2.05) is 61.5 Å². The van der Waals surface area contributed by atoms with Crippen molar-refractivity contribution in [1.82, 2.24) is 19.7 Å². The fourth-order valence-electron chi connectivity index (χ4n) is 4.14. The number of carbonyl (C=O) groups is 1. The molecule has 0 radical (unpaired) electrons. The Morgan fingerprint density at radius 3 is 2.43 bits per heavy atom. The minimum Gasteiger partial charge on any atom is -0.496 e. The summed E-state index contributed by atoms with van der Waals surface area (Å²) in [5, 5.41) is 11.0. The van der Waals surface area contributed by atoms with Gasteiger partial charge in [0.15, 0.2) is 5.82 Å². The lowest BCUT2D eigenvalue weighted by atomic mass is 9.98. The Morgan fingerprint density at radius 2 is 1.69 bits per heavy atom. The van der Waals surface area contributed by atoms with Gasteiger partial charge in [-0.3, -0.25) is 9.78 Å². The minimum atomic E-state index is -0.599. The number of ether oxygens (including phenoxy) is 2. The van der Waals surface area contributed by atoms with Gasteiger partial charge in [-0.05, 0) is 43.3 Å². The maximum absolute atomic E-state index is 13.6. The van der Waals surface area contributed by atoms with Gasteiger partial charge in [-0.15, -0.1) is 5.10 Å². The van der Waals surface area contributed by atoms with Crippen LogP contribution in [-0.4, -0.2) is 39.9 Å². The number of benzene rings is 2. The van der Waals surface area contributed by atoms with E-state index >= 15 is 0 Å². The number of fused-ring (bicyclic) bond motifs is 1. The second-order valence-electron chi connectivity index (χ2n) is 7.88. The maximum atomic E-state index is 13.6. The van der Waals surface area contributed by atoms with Crippen LogP contribution in [0.25, 0.3) is 11.4 Å². The molecule has 1 amide bonds. The van der Waals surface area contributed by atoms with Gasteiger partial charge >= 0.3 is 0 Å². The standard InChI is InChI=1S/C26H24N6O3/c1-16-22(25(33)29-18-11-5-7-14-21(18)35-3)23(19-12-8-9-15-27-19)32-26(28-16)30-24(31-32)17-10-4-6-13-20(17)34-2/h4-15,23H,1-3H3,(H,29,33)(H,28,30,31). The van der Waals surface area contributed by atoms with Gasteiger partial charge in [0, 0.05) is 11.9 Å². The fraction of sp³-hybridized carbons (Fsp3) is 0.154. The number of anilines is 2. The van der Waals surface area contributed by atoms with E-state index in [4.69, 9.17) is 19.6 Å². The van der Waals surface area contributed by atoms with Crippen LogP contribution in [0.5, 0.6) is 11.5 Å². The number of carbonyl (C=O) groups excluding carboxylic acids is 1. The summed E-state index contributed by atoms with van der Waals surface area (Å²) in [6.45, 7) is 1.84. The van der Waals surface area contributed by atoms with Gasteiger partial charge in [-0.1, -0.05) is 30.3 Å². The molecule has 1 aliphatic rings. The van der Waals surface area contributed by atoms with Crippen LogP contribution in [0, 0.1) is 0 Å². The highest BCUT2D eigenvalue weighted by Gasteiger charge is 2.35.